The maximum absolute atomic E-state index is 10.2. The molecular formula is C12H18N4O. The first-order valence-electron chi connectivity index (χ1n) is 5.94. The predicted molar refractivity (Wildman–Crippen MR) is 64.5 cm³/mol. The Hall–Kier alpha value is -1.62. The second kappa shape index (κ2) is 5.14. The largest absolute Gasteiger partial charge is 0.386 e. The summed E-state index contributed by atoms with van der Waals surface area (Å²) in [4.78, 5) is 4.06. The molecule has 0 spiro atoms. The van der Waals surface area contributed by atoms with E-state index in [1.807, 2.05) is 29.3 Å². The van der Waals surface area contributed by atoms with Crippen molar-refractivity contribution < 1.29 is 5.11 Å². The standard InChI is InChI=1S/C12H18N4O/c1-3-15-9-13-7-11(15)12(17)5-10-6-14-16(4-2)8-10/h6-9,12,17H,3-5H2,1-2H3. The summed E-state index contributed by atoms with van der Waals surface area (Å²) in [5.41, 5.74) is 1.90. The number of nitrogens with zero attached hydrogens (tertiary/aromatic N) is 4. The van der Waals surface area contributed by atoms with Crippen LogP contribution in [0.5, 0.6) is 0 Å². The first-order valence-corrected chi connectivity index (χ1v) is 5.94. The van der Waals surface area contributed by atoms with Gasteiger partial charge in [-0.05, 0) is 19.4 Å². The second-order valence-electron chi connectivity index (χ2n) is 4.03. The summed E-state index contributed by atoms with van der Waals surface area (Å²) in [7, 11) is 0. The Kier molecular flexibility index (Phi) is 3.58. The minimum Gasteiger partial charge on any atom is -0.386 e. The normalized spacial score (nSPS) is 12.9. The fourth-order valence-electron chi connectivity index (χ4n) is 1.89. The van der Waals surface area contributed by atoms with Crippen LogP contribution in [0.1, 0.15) is 31.2 Å². The van der Waals surface area contributed by atoms with E-state index in [1.54, 1.807) is 18.7 Å². The molecule has 92 valence electrons. The minimum absolute atomic E-state index is 0.521. The maximum Gasteiger partial charge on any atom is 0.0997 e. The molecule has 5 heteroatoms. The van der Waals surface area contributed by atoms with Crippen molar-refractivity contribution in [1.29, 1.82) is 0 Å². The molecule has 0 aliphatic rings. The van der Waals surface area contributed by atoms with Crippen LogP contribution in [-0.4, -0.2) is 24.4 Å². The molecule has 0 saturated heterocycles. The molecule has 2 aromatic heterocycles. The zero-order valence-corrected chi connectivity index (χ0v) is 10.2. The number of aliphatic hydroxyl groups excluding tert-OH is 1. The third-order valence-electron chi connectivity index (χ3n) is 2.87. The molecule has 0 bridgehead atoms. The molecule has 0 amide bonds. The Balaban J connectivity index is 2.08. The van der Waals surface area contributed by atoms with Crippen molar-refractivity contribution in [3.63, 3.8) is 0 Å². The summed E-state index contributed by atoms with van der Waals surface area (Å²) < 4.78 is 3.81. The number of aromatic nitrogens is 4. The van der Waals surface area contributed by atoms with Crippen LogP contribution in [0.25, 0.3) is 0 Å². The summed E-state index contributed by atoms with van der Waals surface area (Å²) in [6.07, 6.45) is 7.29. The summed E-state index contributed by atoms with van der Waals surface area (Å²) in [6, 6.07) is 0. The maximum atomic E-state index is 10.2. The van der Waals surface area contributed by atoms with Gasteiger partial charge in [-0.2, -0.15) is 5.10 Å². The lowest BCUT2D eigenvalue weighted by Gasteiger charge is -2.11. The zero-order chi connectivity index (χ0) is 12.3. The van der Waals surface area contributed by atoms with E-state index in [0.29, 0.717) is 6.42 Å². The van der Waals surface area contributed by atoms with E-state index >= 15 is 0 Å². The van der Waals surface area contributed by atoms with Gasteiger partial charge in [0.1, 0.15) is 0 Å². The summed E-state index contributed by atoms with van der Waals surface area (Å²) in [6.45, 7) is 5.75. The molecule has 2 heterocycles. The molecule has 1 atom stereocenters. The first kappa shape index (κ1) is 11.9. The van der Waals surface area contributed by atoms with Crippen molar-refractivity contribution in [3.05, 3.63) is 36.2 Å². The van der Waals surface area contributed by atoms with Gasteiger partial charge < -0.3 is 9.67 Å². The molecule has 17 heavy (non-hydrogen) atoms. The van der Waals surface area contributed by atoms with Crippen LogP contribution in [-0.2, 0) is 19.5 Å². The van der Waals surface area contributed by atoms with E-state index in [1.165, 1.54) is 0 Å². The molecule has 5 nitrogen and oxygen atoms in total. The van der Waals surface area contributed by atoms with Crippen LogP contribution in [0.2, 0.25) is 0 Å². The van der Waals surface area contributed by atoms with Crippen molar-refractivity contribution in [2.45, 2.75) is 39.5 Å². The van der Waals surface area contributed by atoms with Gasteiger partial charge in [0.2, 0.25) is 0 Å². The van der Waals surface area contributed by atoms with E-state index in [-0.39, 0.29) is 0 Å². The third-order valence-corrected chi connectivity index (χ3v) is 2.87. The summed E-state index contributed by atoms with van der Waals surface area (Å²) in [5, 5.41) is 14.4. The highest BCUT2D eigenvalue weighted by Gasteiger charge is 2.13. The number of hydrogen-bond donors (Lipinski definition) is 1. The molecule has 2 aromatic rings. The molecule has 0 radical (unpaired) electrons. The number of aryl methyl sites for hydroxylation is 2. The lowest BCUT2D eigenvalue weighted by atomic mass is 10.1. The second-order valence-corrected chi connectivity index (χ2v) is 4.03. The smallest absolute Gasteiger partial charge is 0.0997 e. The Morgan fingerprint density at radius 2 is 2.12 bits per heavy atom. The SMILES string of the molecule is CCn1cc(CC(O)c2cncn2CC)cn1. The number of rotatable bonds is 5. The van der Waals surface area contributed by atoms with Gasteiger partial charge in [-0.1, -0.05) is 0 Å². The summed E-state index contributed by atoms with van der Waals surface area (Å²) in [5.74, 6) is 0. The zero-order valence-electron chi connectivity index (χ0n) is 10.2. The highest BCUT2D eigenvalue weighted by Crippen LogP contribution is 2.17. The molecule has 1 unspecified atom stereocenters. The first-order chi connectivity index (χ1) is 8.24. The fourth-order valence-corrected chi connectivity index (χ4v) is 1.89. The van der Waals surface area contributed by atoms with Crippen LogP contribution in [0.4, 0.5) is 0 Å². The number of imidazole rings is 1. The molecule has 0 saturated carbocycles. The van der Waals surface area contributed by atoms with E-state index < -0.39 is 6.10 Å². The van der Waals surface area contributed by atoms with Gasteiger partial charge in [0.15, 0.2) is 0 Å². The Morgan fingerprint density at radius 3 is 2.76 bits per heavy atom. The molecule has 2 rings (SSSR count). The van der Waals surface area contributed by atoms with Crippen LogP contribution < -0.4 is 0 Å². The summed E-state index contributed by atoms with van der Waals surface area (Å²) >= 11 is 0. The topological polar surface area (TPSA) is 55.9 Å². The molecule has 0 aliphatic heterocycles. The molecule has 0 aromatic carbocycles. The fraction of sp³-hybridized carbons (Fsp3) is 0.500. The highest BCUT2D eigenvalue weighted by atomic mass is 16.3. The van der Waals surface area contributed by atoms with Gasteiger partial charge in [-0.3, -0.25) is 4.68 Å². The lowest BCUT2D eigenvalue weighted by Crippen LogP contribution is -2.08. The van der Waals surface area contributed by atoms with E-state index in [4.69, 9.17) is 0 Å². The Morgan fingerprint density at radius 1 is 1.29 bits per heavy atom. The number of hydrogen-bond acceptors (Lipinski definition) is 3. The van der Waals surface area contributed by atoms with Crippen molar-refractivity contribution in [3.8, 4) is 0 Å². The molecule has 0 fully saturated rings. The van der Waals surface area contributed by atoms with Gasteiger partial charge >= 0.3 is 0 Å². The molecular weight excluding hydrogens is 216 g/mol. The van der Waals surface area contributed by atoms with Gasteiger partial charge in [0.05, 0.1) is 30.5 Å². The number of aliphatic hydroxyl groups is 1. The lowest BCUT2D eigenvalue weighted by molar-refractivity contribution is 0.169. The molecule has 1 N–H and O–H groups in total. The van der Waals surface area contributed by atoms with Gasteiger partial charge in [0.25, 0.3) is 0 Å². The van der Waals surface area contributed by atoms with Gasteiger partial charge in [-0.25, -0.2) is 4.98 Å². The van der Waals surface area contributed by atoms with Crippen molar-refractivity contribution in [1.82, 2.24) is 19.3 Å². The van der Waals surface area contributed by atoms with Crippen LogP contribution in [0, 0.1) is 0 Å². The van der Waals surface area contributed by atoms with E-state index in [0.717, 1.165) is 24.3 Å². The van der Waals surface area contributed by atoms with Crippen molar-refractivity contribution in [2.24, 2.45) is 0 Å². The highest BCUT2D eigenvalue weighted by molar-refractivity contribution is 5.11. The average Bonchev–Trinajstić information content (AvgIpc) is 2.96. The quantitative estimate of drug-likeness (QED) is 0.850. The third kappa shape index (κ3) is 2.55. The van der Waals surface area contributed by atoms with E-state index in [2.05, 4.69) is 10.1 Å². The minimum atomic E-state index is -0.521. The molecule has 0 aliphatic carbocycles. The average molecular weight is 234 g/mol. The van der Waals surface area contributed by atoms with E-state index in [9.17, 15) is 5.11 Å². The van der Waals surface area contributed by atoms with Gasteiger partial charge in [0, 0.05) is 25.7 Å². The van der Waals surface area contributed by atoms with Crippen molar-refractivity contribution >= 4 is 0 Å². The predicted octanol–water partition coefficient (Wildman–Crippen LogP) is 1.40. The Bertz CT molecular complexity index is 474. The van der Waals surface area contributed by atoms with Crippen LogP contribution >= 0.6 is 0 Å². The van der Waals surface area contributed by atoms with Crippen molar-refractivity contribution in [2.75, 3.05) is 0 Å². The van der Waals surface area contributed by atoms with Crippen LogP contribution in [0.15, 0.2) is 24.9 Å². The Labute approximate surface area is 101 Å². The van der Waals surface area contributed by atoms with Crippen LogP contribution in [0.3, 0.4) is 0 Å². The monoisotopic (exact) mass is 234 g/mol. The van der Waals surface area contributed by atoms with Gasteiger partial charge in [-0.15, -0.1) is 0 Å².